The zero-order valence-electron chi connectivity index (χ0n) is 11.7. The number of pyridine rings is 1. The topological polar surface area (TPSA) is 79.4 Å². The number of amides is 3. The Labute approximate surface area is 122 Å². The normalized spacial score (nSPS) is 18.8. The summed E-state index contributed by atoms with van der Waals surface area (Å²) in [7, 11) is 0. The molecule has 110 valence electrons. The Bertz CT molecular complexity index is 559. The van der Waals surface area contributed by atoms with E-state index in [9.17, 15) is 14.4 Å². The summed E-state index contributed by atoms with van der Waals surface area (Å²) in [5.41, 5.74) is 0.404. The van der Waals surface area contributed by atoms with Crippen molar-refractivity contribution in [3.8, 4) is 0 Å². The van der Waals surface area contributed by atoms with Gasteiger partial charge in [0.2, 0.25) is 5.91 Å². The van der Waals surface area contributed by atoms with Crippen molar-refractivity contribution in [2.45, 2.75) is 38.1 Å². The molecule has 0 bridgehead atoms. The quantitative estimate of drug-likeness (QED) is 0.845. The van der Waals surface area contributed by atoms with Gasteiger partial charge in [-0.05, 0) is 25.0 Å². The Kier molecular flexibility index (Phi) is 3.68. The van der Waals surface area contributed by atoms with E-state index in [2.05, 4.69) is 10.3 Å². The van der Waals surface area contributed by atoms with Crippen LogP contribution in [-0.2, 0) is 4.79 Å². The van der Waals surface area contributed by atoms with E-state index in [0.717, 1.165) is 30.6 Å². The summed E-state index contributed by atoms with van der Waals surface area (Å²) in [5.74, 6) is -1.22. The van der Waals surface area contributed by atoms with Gasteiger partial charge in [-0.3, -0.25) is 24.3 Å². The van der Waals surface area contributed by atoms with E-state index in [-0.39, 0.29) is 29.8 Å². The number of nitrogens with one attached hydrogen (secondary N) is 1. The average Bonchev–Trinajstić information content (AvgIpc) is 2.74. The van der Waals surface area contributed by atoms with Crippen molar-refractivity contribution in [2.75, 3.05) is 6.54 Å². The molecule has 0 spiro atoms. The van der Waals surface area contributed by atoms with Gasteiger partial charge in [-0.2, -0.15) is 0 Å². The Morgan fingerprint density at radius 1 is 1.24 bits per heavy atom. The molecule has 21 heavy (non-hydrogen) atoms. The van der Waals surface area contributed by atoms with Crippen molar-refractivity contribution in [1.29, 1.82) is 0 Å². The summed E-state index contributed by atoms with van der Waals surface area (Å²) in [4.78, 5) is 41.1. The van der Waals surface area contributed by atoms with E-state index >= 15 is 0 Å². The molecule has 1 aromatic heterocycles. The summed E-state index contributed by atoms with van der Waals surface area (Å²) >= 11 is 0. The molecule has 3 amide bonds. The molecule has 1 fully saturated rings. The minimum Gasteiger partial charge on any atom is -0.352 e. The number of nitrogens with zero attached hydrogens (tertiary/aromatic N) is 2. The van der Waals surface area contributed by atoms with Crippen molar-refractivity contribution >= 4 is 17.7 Å². The Hall–Kier alpha value is -2.24. The predicted molar refractivity (Wildman–Crippen MR) is 74.6 cm³/mol. The molecule has 0 saturated heterocycles. The summed E-state index contributed by atoms with van der Waals surface area (Å²) < 4.78 is 0. The number of rotatable bonds is 3. The lowest BCUT2D eigenvalue weighted by molar-refractivity contribution is -0.122. The maximum atomic E-state index is 12.1. The van der Waals surface area contributed by atoms with Crippen LogP contribution >= 0.6 is 0 Å². The third-order valence-corrected chi connectivity index (χ3v) is 4.00. The highest BCUT2D eigenvalue weighted by Crippen LogP contribution is 2.20. The van der Waals surface area contributed by atoms with Gasteiger partial charge in [0.15, 0.2) is 0 Å². The Balaban J connectivity index is 1.64. The van der Waals surface area contributed by atoms with E-state index in [1.165, 1.54) is 12.6 Å². The van der Waals surface area contributed by atoms with Gasteiger partial charge in [0, 0.05) is 12.2 Å². The van der Waals surface area contributed by atoms with Crippen LogP contribution in [0.1, 0.15) is 53.0 Å². The minimum atomic E-state index is -0.491. The van der Waals surface area contributed by atoms with E-state index in [4.69, 9.17) is 0 Å². The minimum absolute atomic E-state index is 0.132. The molecule has 1 aliphatic heterocycles. The fourth-order valence-corrected chi connectivity index (χ4v) is 2.92. The monoisotopic (exact) mass is 287 g/mol. The third-order valence-electron chi connectivity index (χ3n) is 4.00. The first-order valence-corrected chi connectivity index (χ1v) is 7.27. The van der Waals surface area contributed by atoms with Crippen molar-refractivity contribution < 1.29 is 14.4 Å². The second-order valence-electron chi connectivity index (χ2n) is 5.50. The third kappa shape index (κ3) is 2.66. The Morgan fingerprint density at radius 3 is 2.71 bits per heavy atom. The second kappa shape index (κ2) is 5.63. The second-order valence-corrected chi connectivity index (χ2v) is 5.50. The predicted octanol–water partition coefficient (Wildman–Crippen LogP) is 1.13. The van der Waals surface area contributed by atoms with Gasteiger partial charge in [0.25, 0.3) is 11.8 Å². The fraction of sp³-hybridized carbons (Fsp3) is 0.467. The van der Waals surface area contributed by atoms with Gasteiger partial charge in [-0.15, -0.1) is 0 Å². The lowest BCUT2D eigenvalue weighted by Crippen LogP contribution is -2.44. The molecular formula is C15H17N3O3. The number of imide groups is 1. The molecule has 0 radical (unpaired) electrons. The van der Waals surface area contributed by atoms with Crippen molar-refractivity contribution in [3.63, 3.8) is 0 Å². The number of aromatic nitrogens is 1. The zero-order valence-corrected chi connectivity index (χ0v) is 11.7. The maximum Gasteiger partial charge on any atom is 0.280 e. The van der Waals surface area contributed by atoms with Crippen LogP contribution in [0.4, 0.5) is 0 Å². The highest BCUT2D eigenvalue weighted by atomic mass is 16.2. The van der Waals surface area contributed by atoms with Crippen LogP contribution in [0.5, 0.6) is 0 Å². The largest absolute Gasteiger partial charge is 0.352 e. The van der Waals surface area contributed by atoms with Gasteiger partial charge < -0.3 is 5.32 Å². The molecule has 0 unspecified atom stereocenters. The summed E-state index contributed by atoms with van der Waals surface area (Å²) in [6.45, 7) is -0.232. The summed E-state index contributed by atoms with van der Waals surface area (Å²) in [6, 6.07) is 3.33. The van der Waals surface area contributed by atoms with Crippen molar-refractivity contribution in [3.05, 3.63) is 29.6 Å². The fourth-order valence-electron chi connectivity index (χ4n) is 2.92. The first-order chi connectivity index (χ1) is 10.2. The molecule has 0 atom stereocenters. The van der Waals surface area contributed by atoms with Gasteiger partial charge >= 0.3 is 0 Å². The number of carbonyl (C=O) groups is 3. The number of hydrogen-bond acceptors (Lipinski definition) is 4. The number of hydrogen-bond donors (Lipinski definition) is 1. The van der Waals surface area contributed by atoms with Gasteiger partial charge in [0.05, 0.1) is 5.56 Å². The van der Waals surface area contributed by atoms with Crippen LogP contribution in [0.3, 0.4) is 0 Å². The van der Waals surface area contributed by atoms with Crippen LogP contribution in [0.2, 0.25) is 0 Å². The van der Waals surface area contributed by atoms with Gasteiger partial charge in [-0.25, -0.2) is 0 Å². The van der Waals surface area contributed by atoms with Crippen LogP contribution in [-0.4, -0.2) is 40.2 Å². The first kappa shape index (κ1) is 13.7. The average molecular weight is 287 g/mol. The van der Waals surface area contributed by atoms with Crippen molar-refractivity contribution in [2.24, 2.45) is 0 Å². The highest BCUT2D eigenvalue weighted by molar-refractivity contribution is 6.21. The smallest absolute Gasteiger partial charge is 0.280 e. The lowest BCUT2D eigenvalue weighted by Gasteiger charge is -2.23. The van der Waals surface area contributed by atoms with Crippen LogP contribution in [0.25, 0.3) is 0 Å². The molecule has 1 saturated carbocycles. The molecule has 0 aromatic carbocycles. The molecule has 6 heteroatoms. The SMILES string of the molecule is O=C(CN1C(=O)c2cccnc2C1=O)NC1CCCCC1. The van der Waals surface area contributed by atoms with Crippen LogP contribution in [0.15, 0.2) is 18.3 Å². The van der Waals surface area contributed by atoms with Crippen LogP contribution < -0.4 is 5.32 Å². The molecule has 6 nitrogen and oxygen atoms in total. The summed E-state index contributed by atoms with van der Waals surface area (Å²) in [5, 5.41) is 2.91. The molecule has 2 aliphatic rings. The van der Waals surface area contributed by atoms with Gasteiger partial charge in [0.1, 0.15) is 12.2 Å². The summed E-state index contributed by atoms with van der Waals surface area (Å²) in [6.07, 6.45) is 6.83. The number of fused-ring (bicyclic) bond motifs is 1. The Morgan fingerprint density at radius 2 is 2.00 bits per heavy atom. The molecule has 2 heterocycles. The molecule has 1 N–H and O–H groups in total. The highest BCUT2D eigenvalue weighted by Gasteiger charge is 2.37. The van der Waals surface area contributed by atoms with E-state index < -0.39 is 11.8 Å². The lowest BCUT2D eigenvalue weighted by atomic mass is 9.95. The van der Waals surface area contributed by atoms with E-state index in [1.54, 1.807) is 12.1 Å². The molecular weight excluding hydrogens is 270 g/mol. The maximum absolute atomic E-state index is 12.1. The van der Waals surface area contributed by atoms with Crippen molar-refractivity contribution in [1.82, 2.24) is 15.2 Å². The zero-order chi connectivity index (χ0) is 14.8. The first-order valence-electron chi connectivity index (χ1n) is 7.27. The van der Waals surface area contributed by atoms with Crippen LogP contribution in [0, 0.1) is 0 Å². The molecule has 1 aliphatic carbocycles. The van der Waals surface area contributed by atoms with E-state index in [0.29, 0.717) is 0 Å². The van der Waals surface area contributed by atoms with Gasteiger partial charge in [-0.1, -0.05) is 19.3 Å². The standard InChI is InChI=1S/C15H17N3O3/c19-12(17-10-5-2-1-3-6-10)9-18-14(20)11-7-4-8-16-13(11)15(18)21/h4,7-8,10H,1-3,5-6,9H2,(H,17,19). The van der Waals surface area contributed by atoms with E-state index in [1.807, 2.05) is 0 Å². The molecule has 1 aromatic rings. The molecule has 3 rings (SSSR count). The number of carbonyl (C=O) groups excluding carboxylic acids is 3.